The maximum absolute atomic E-state index is 12.0. The number of thiazole rings is 2. The number of anilines is 1. The standard InChI is InChI=1S/C15H12ClN3OS2/c1-9-7-22-15(17-9)19-13(20)6-10-8-21-14(18-10)11-4-2-3-5-12(11)16/h2-5,7-8H,6H2,1H3,(H,17,19,20). The van der Waals surface area contributed by atoms with Gasteiger partial charge in [0, 0.05) is 16.3 Å². The second-order valence-electron chi connectivity index (χ2n) is 4.64. The lowest BCUT2D eigenvalue weighted by atomic mass is 10.2. The maximum atomic E-state index is 12.0. The number of hydrogen-bond acceptors (Lipinski definition) is 5. The highest BCUT2D eigenvalue weighted by Gasteiger charge is 2.12. The first-order chi connectivity index (χ1) is 10.6. The van der Waals surface area contributed by atoms with Crippen LogP contribution in [0.15, 0.2) is 35.0 Å². The molecule has 112 valence electrons. The number of carbonyl (C=O) groups excluding carboxylic acids is 1. The van der Waals surface area contributed by atoms with E-state index in [0.29, 0.717) is 10.2 Å². The quantitative estimate of drug-likeness (QED) is 0.759. The van der Waals surface area contributed by atoms with Gasteiger partial charge in [0.05, 0.1) is 22.8 Å². The molecule has 4 nitrogen and oxygen atoms in total. The molecule has 1 amide bonds. The van der Waals surface area contributed by atoms with E-state index in [9.17, 15) is 4.79 Å². The molecule has 0 aliphatic carbocycles. The average Bonchev–Trinajstić information content (AvgIpc) is 3.09. The zero-order valence-electron chi connectivity index (χ0n) is 11.7. The smallest absolute Gasteiger partial charge is 0.232 e. The molecule has 2 heterocycles. The minimum atomic E-state index is -0.120. The molecule has 0 saturated carbocycles. The molecule has 0 radical (unpaired) electrons. The van der Waals surface area contributed by atoms with Crippen molar-refractivity contribution in [3.63, 3.8) is 0 Å². The predicted molar refractivity (Wildman–Crippen MR) is 91.7 cm³/mol. The molecule has 0 atom stereocenters. The van der Waals surface area contributed by atoms with Gasteiger partial charge in [0.1, 0.15) is 5.01 Å². The van der Waals surface area contributed by atoms with Crippen molar-refractivity contribution in [2.45, 2.75) is 13.3 Å². The third-order valence-corrected chi connectivity index (χ3v) is 4.99. The highest BCUT2D eigenvalue weighted by molar-refractivity contribution is 7.14. The van der Waals surface area contributed by atoms with Gasteiger partial charge in [0.2, 0.25) is 5.91 Å². The maximum Gasteiger partial charge on any atom is 0.232 e. The van der Waals surface area contributed by atoms with E-state index >= 15 is 0 Å². The summed E-state index contributed by atoms with van der Waals surface area (Å²) in [6.07, 6.45) is 0.222. The molecular weight excluding hydrogens is 338 g/mol. The molecule has 7 heteroatoms. The van der Waals surface area contributed by atoms with Gasteiger partial charge in [-0.15, -0.1) is 22.7 Å². The summed E-state index contributed by atoms with van der Waals surface area (Å²) in [6.45, 7) is 1.89. The van der Waals surface area contributed by atoms with E-state index in [0.717, 1.165) is 22.0 Å². The number of hydrogen-bond donors (Lipinski definition) is 1. The van der Waals surface area contributed by atoms with E-state index in [2.05, 4.69) is 15.3 Å². The molecule has 1 aromatic carbocycles. The second-order valence-corrected chi connectivity index (χ2v) is 6.77. The van der Waals surface area contributed by atoms with Gasteiger partial charge in [-0.05, 0) is 13.0 Å². The van der Waals surface area contributed by atoms with Crippen LogP contribution in [0, 0.1) is 6.92 Å². The summed E-state index contributed by atoms with van der Waals surface area (Å²) in [5, 5.41) is 8.65. The fourth-order valence-corrected chi connectivity index (χ4v) is 3.73. The Hall–Kier alpha value is -1.76. The molecule has 3 aromatic rings. The number of rotatable bonds is 4. The van der Waals surface area contributed by atoms with Crippen LogP contribution in [0.4, 0.5) is 5.13 Å². The third kappa shape index (κ3) is 3.52. The Balaban J connectivity index is 1.69. The molecule has 1 N–H and O–H groups in total. The largest absolute Gasteiger partial charge is 0.302 e. The molecule has 3 rings (SSSR count). The molecule has 0 bridgehead atoms. The van der Waals surface area contributed by atoms with Crippen molar-refractivity contribution in [1.29, 1.82) is 0 Å². The number of nitrogens with zero attached hydrogens (tertiary/aromatic N) is 2. The van der Waals surface area contributed by atoms with Crippen LogP contribution >= 0.6 is 34.3 Å². The van der Waals surface area contributed by atoms with Crippen molar-refractivity contribution in [1.82, 2.24) is 9.97 Å². The Bertz CT molecular complexity index is 812. The van der Waals surface area contributed by atoms with E-state index in [1.165, 1.54) is 22.7 Å². The number of aromatic nitrogens is 2. The predicted octanol–water partition coefficient (Wildman–Crippen LogP) is 4.41. The van der Waals surface area contributed by atoms with Crippen molar-refractivity contribution < 1.29 is 4.79 Å². The van der Waals surface area contributed by atoms with Crippen molar-refractivity contribution in [3.8, 4) is 10.6 Å². The summed E-state index contributed by atoms with van der Waals surface area (Å²) >= 11 is 9.06. The van der Waals surface area contributed by atoms with Gasteiger partial charge in [-0.3, -0.25) is 4.79 Å². The van der Waals surface area contributed by atoms with Crippen LogP contribution < -0.4 is 5.32 Å². The Labute approximate surface area is 140 Å². The molecule has 0 aliphatic rings. The van der Waals surface area contributed by atoms with Crippen LogP contribution in [0.3, 0.4) is 0 Å². The van der Waals surface area contributed by atoms with Crippen LogP contribution in [0.2, 0.25) is 5.02 Å². The Morgan fingerprint density at radius 1 is 1.23 bits per heavy atom. The average molecular weight is 350 g/mol. The Kier molecular flexibility index (Phi) is 4.52. The van der Waals surface area contributed by atoms with E-state index in [1.807, 2.05) is 41.9 Å². The fourth-order valence-electron chi connectivity index (χ4n) is 1.89. The van der Waals surface area contributed by atoms with Crippen LogP contribution in [-0.2, 0) is 11.2 Å². The van der Waals surface area contributed by atoms with Gasteiger partial charge in [-0.25, -0.2) is 9.97 Å². The van der Waals surface area contributed by atoms with Crippen LogP contribution in [0.5, 0.6) is 0 Å². The topological polar surface area (TPSA) is 54.9 Å². The zero-order chi connectivity index (χ0) is 15.5. The summed E-state index contributed by atoms with van der Waals surface area (Å²) in [6, 6.07) is 7.54. The second kappa shape index (κ2) is 6.56. The van der Waals surface area contributed by atoms with Crippen LogP contribution in [-0.4, -0.2) is 15.9 Å². The summed E-state index contributed by atoms with van der Waals surface area (Å²) in [5.74, 6) is -0.120. The number of carbonyl (C=O) groups is 1. The van der Waals surface area contributed by atoms with Gasteiger partial charge in [0.25, 0.3) is 0 Å². The normalized spacial score (nSPS) is 10.6. The number of amides is 1. The summed E-state index contributed by atoms with van der Waals surface area (Å²) < 4.78 is 0. The molecule has 22 heavy (non-hydrogen) atoms. The number of aryl methyl sites for hydroxylation is 1. The highest BCUT2D eigenvalue weighted by Crippen LogP contribution is 2.30. The van der Waals surface area contributed by atoms with Crippen molar-refractivity contribution in [3.05, 3.63) is 51.4 Å². The first-order valence-electron chi connectivity index (χ1n) is 6.53. The minimum Gasteiger partial charge on any atom is -0.302 e. The first kappa shape index (κ1) is 15.1. The van der Waals surface area contributed by atoms with Crippen LogP contribution in [0.1, 0.15) is 11.4 Å². The van der Waals surface area contributed by atoms with Gasteiger partial charge in [0.15, 0.2) is 5.13 Å². The number of nitrogens with one attached hydrogen (secondary N) is 1. The van der Waals surface area contributed by atoms with Gasteiger partial charge in [-0.2, -0.15) is 0 Å². The SMILES string of the molecule is Cc1csc(NC(=O)Cc2csc(-c3ccccc3Cl)n2)n1. The van der Waals surface area contributed by atoms with Gasteiger partial charge >= 0.3 is 0 Å². The van der Waals surface area contributed by atoms with E-state index in [-0.39, 0.29) is 12.3 Å². The van der Waals surface area contributed by atoms with Crippen molar-refractivity contribution >= 4 is 45.3 Å². The third-order valence-electron chi connectivity index (χ3n) is 2.86. The summed E-state index contributed by atoms with van der Waals surface area (Å²) in [4.78, 5) is 20.7. The molecule has 0 aliphatic heterocycles. The highest BCUT2D eigenvalue weighted by atomic mass is 35.5. The van der Waals surface area contributed by atoms with E-state index < -0.39 is 0 Å². The van der Waals surface area contributed by atoms with E-state index in [1.54, 1.807) is 0 Å². The Morgan fingerprint density at radius 3 is 2.77 bits per heavy atom. The monoisotopic (exact) mass is 349 g/mol. The molecule has 0 unspecified atom stereocenters. The van der Waals surface area contributed by atoms with Crippen molar-refractivity contribution in [2.24, 2.45) is 0 Å². The van der Waals surface area contributed by atoms with Crippen molar-refractivity contribution in [2.75, 3.05) is 5.32 Å². The minimum absolute atomic E-state index is 0.120. The van der Waals surface area contributed by atoms with Gasteiger partial charge < -0.3 is 5.32 Å². The molecule has 0 fully saturated rings. The summed E-state index contributed by atoms with van der Waals surface area (Å²) in [5.41, 5.74) is 2.51. The Morgan fingerprint density at radius 2 is 2.05 bits per heavy atom. The zero-order valence-corrected chi connectivity index (χ0v) is 14.1. The number of benzene rings is 1. The van der Waals surface area contributed by atoms with E-state index in [4.69, 9.17) is 11.6 Å². The van der Waals surface area contributed by atoms with Gasteiger partial charge in [-0.1, -0.05) is 29.8 Å². The lowest BCUT2D eigenvalue weighted by Gasteiger charge is -2.00. The molecule has 0 saturated heterocycles. The first-order valence-corrected chi connectivity index (χ1v) is 8.67. The fraction of sp³-hybridized carbons (Fsp3) is 0.133. The molecular formula is C15H12ClN3OS2. The lowest BCUT2D eigenvalue weighted by molar-refractivity contribution is -0.115. The van der Waals surface area contributed by atoms with Crippen LogP contribution in [0.25, 0.3) is 10.6 Å². The summed E-state index contributed by atoms with van der Waals surface area (Å²) in [7, 11) is 0. The molecule has 0 spiro atoms. The molecule has 2 aromatic heterocycles. The number of halogens is 1. The lowest BCUT2D eigenvalue weighted by Crippen LogP contribution is -2.14.